The van der Waals surface area contributed by atoms with Gasteiger partial charge >= 0.3 is 5.97 Å². The molecule has 0 aromatic carbocycles. The Balaban J connectivity index is 2.55. The molecule has 1 aromatic rings. The zero-order chi connectivity index (χ0) is 14.5. The van der Waals surface area contributed by atoms with Crippen molar-refractivity contribution in [2.45, 2.75) is 53.1 Å². The highest BCUT2D eigenvalue weighted by molar-refractivity contribution is 5.73. The summed E-state index contributed by atoms with van der Waals surface area (Å²) in [5.74, 6) is -0.782. The van der Waals surface area contributed by atoms with Gasteiger partial charge in [0, 0.05) is 18.9 Å². The maximum absolute atomic E-state index is 11.2. The summed E-state index contributed by atoms with van der Waals surface area (Å²) in [6.45, 7) is 8.92. The molecule has 0 fully saturated rings. The predicted octanol–water partition coefficient (Wildman–Crippen LogP) is 2.76. The number of carbonyl (C=O) groups is 1. The topological polar surface area (TPSA) is 62.2 Å². The molecule has 1 aromatic heterocycles. The molecule has 0 saturated heterocycles. The number of hydrogen-bond donors (Lipinski definition) is 2. The summed E-state index contributed by atoms with van der Waals surface area (Å²) in [4.78, 5) is 15.3. The zero-order valence-corrected chi connectivity index (χ0v) is 12.2. The standard InChI is InChI=1S/C15H24N2O2/c1-11-9-16-8-6-12(11)10-17-13(14(18)19)5-7-15(2,3)4/h6,8-9,13,17H,5,7,10H2,1-4H3,(H,18,19)/t13-/m0/s1. The average Bonchev–Trinajstić information content (AvgIpc) is 2.29. The van der Waals surface area contributed by atoms with Crippen LogP contribution in [-0.4, -0.2) is 22.1 Å². The minimum absolute atomic E-state index is 0.155. The highest BCUT2D eigenvalue weighted by Crippen LogP contribution is 2.21. The van der Waals surface area contributed by atoms with Gasteiger partial charge in [-0.15, -0.1) is 0 Å². The number of carboxylic acids is 1. The van der Waals surface area contributed by atoms with E-state index < -0.39 is 12.0 Å². The lowest BCUT2D eigenvalue weighted by Crippen LogP contribution is -2.37. The number of nitrogens with zero attached hydrogens (tertiary/aromatic N) is 1. The van der Waals surface area contributed by atoms with Crippen molar-refractivity contribution in [1.29, 1.82) is 0 Å². The first-order chi connectivity index (χ1) is 8.79. The fourth-order valence-corrected chi connectivity index (χ4v) is 1.82. The first kappa shape index (κ1) is 15.6. The third kappa shape index (κ3) is 5.83. The summed E-state index contributed by atoms with van der Waals surface area (Å²) in [7, 11) is 0. The van der Waals surface area contributed by atoms with Crippen molar-refractivity contribution in [3.63, 3.8) is 0 Å². The highest BCUT2D eigenvalue weighted by Gasteiger charge is 2.20. The largest absolute Gasteiger partial charge is 0.480 e. The Morgan fingerprint density at radius 2 is 2.16 bits per heavy atom. The van der Waals surface area contributed by atoms with Gasteiger partial charge in [-0.3, -0.25) is 9.78 Å². The van der Waals surface area contributed by atoms with E-state index in [2.05, 4.69) is 31.1 Å². The van der Waals surface area contributed by atoms with E-state index in [1.807, 2.05) is 13.0 Å². The maximum atomic E-state index is 11.2. The predicted molar refractivity (Wildman–Crippen MR) is 75.9 cm³/mol. The van der Waals surface area contributed by atoms with Gasteiger partial charge in [-0.2, -0.15) is 0 Å². The summed E-state index contributed by atoms with van der Waals surface area (Å²) < 4.78 is 0. The molecule has 1 atom stereocenters. The summed E-state index contributed by atoms with van der Waals surface area (Å²) in [5.41, 5.74) is 2.33. The quantitative estimate of drug-likeness (QED) is 0.829. The summed E-state index contributed by atoms with van der Waals surface area (Å²) in [5, 5.41) is 12.4. The van der Waals surface area contributed by atoms with Crippen LogP contribution >= 0.6 is 0 Å². The molecule has 0 amide bonds. The molecule has 0 aliphatic heterocycles. The Morgan fingerprint density at radius 3 is 2.68 bits per heavy atom. The molecule has 0 saturated carbocycles. The Labute approximate surface area is 115 Å². The van der Waals surface area contributed by atoms with Crippen LogP contribution in [0.3, 0.4) is 0 Å². The van der Waals surface area contributed by atoms with Crippen molar-refractivity contribution in [1.82, 2.24) is 10.3 Å². The number of aromatic nitrogens is 1. The third-order valence-electron chi connectivity index (χ3n) is 3.16. The minimum Gasteiger partial charge on any atom is -0.480 e. The molecule has 1 heterocycles. The second kappa shape index (κ2) is 6.66. The molecule has 0 aliphatic rings. The molecule has 2 N–H and O–H groups in total. The average molecular weight is 264 g/mol. The van der Waals surface area contributed by atoms with Crippen LogP contribution in [0.25, 0.3) is 0 Å². The number of carboxylic acid groups (broad SMARTS) is 1. The van der Waals surface area contributed by atoms with E-state index in [1.54, 1.807) is 12.4 Å². The van der Waals surface area contributed by atoms with Gasteiger partial charge in [0.05, 0.1) is 0 Å². The third-order valence-corrected chi connectivity index (χ3v) is 3.16. The fourth-order valence-electron chi connectivity index (χ4n) is 1.82. The Bertz CT molecular complexity index is 424. The van der Waals surface area contributed by atoms with Gasteiger partial charge in [0.2, 0.25) is 0 Å². The van der Waals surface area contributed by atoms with E-state index in [0.717, 1.165) is 17.5 Å². The van der Waals surface area contributed by atoms with E-state index in [-0.39, 0.29) is 5.41 Å². The van der Waals surface area contributed by atoms with E-state index in [4.69, 9.17) is 0 Å². The van der Waals surface area contributed by atoms with Crippen LogP contribution in [0.15, 0.2) is 18.5 Å². The maximum Gasteiger partial charge on any atom is 0.320 e. The van der Waals surface area contributed by atoms with Crippen LogP contribution in [0.4, 0.5) is 0 Å². The lowest BCUT2D eigenvalue weighted by molar-refractivity contribution is -0.139. The Morgan fingerprint density at radius 1 is 1.47 bits per heavy atom. The number of nitrogens with one attached hydrogen (secondary N) is 1. The second-order valence-electron chi connectivity index (χ2n) is 6.17. The molecule has 1 rings (SSSR count). The van der Waals surface area contributed by atoms with Gasteiger partial charge in [0.25, 0.3) is 0 Å². The normalized spacial score (nSPS) is 13.3. The molecule has 0 aliphatic carbocycles. The van der Waals surface area contributed by atoms with Crippen LogP contribution in [0.1, 0.15) is 44.7 Å². The van der Waals surface area contributed by atoms with Crippen molar-refractivity contribution >= 4 is 5.97 Å². The van der Waals surface area contributed by atoms with Crippen LogP contribution < -0.4 is 5.32 Å². The van der Waals surface area contributed by atoms with Gasteiger partial charge in [-0.05, 0) is 42.4 Å². The molecule has 106 valence electrons. The summed E-state index contributed by atoms with van der Waals surface area (Å²) >= 11 is 0. The molecule has 0 bridgehead atoms. The number of aliphatic carboxylic acids is 1. The minimum atomic E-state index is -0.782. The molecule has 4 nitrogen and oxygen atoms in total. The lowest BCUT2D eigenvalue weighted by Gasteiger charge is -2.22. The van der Waals surface area contributed by atoms with Crippen molar-refractivity contribution in [2.75, 3.05) is 0 Å². The molecular weight excluding hydrogens is 240 g/mol. The lowest BCUT2D eigenvalue weighted by atomic mass is 9.88. The molecule has 4 heteroatoms. The summed E-state index contributed by atoms with van der Waals surface area (Å²) in [6.07, 6.45) is 5.05. The number of hydrogen-bond acceptors (Lipinski definition) is 3. The second-order valence-corrected chi connectivity index (χ2v) is 6.17. The van der Waals surface area contributed by atoms with Crippen LogP contribution in [-0.2, 0) is 11.3 Å². The Kier molecular flexibility index (Phi) is 5.48. The van der Waals surface area contributed by atoms with Crippen LogP contribution in [0.2, 0.25) is 0 Å². The fraction of sp³-hybridized carbons (Fsp3) is 0.600. The van der Waals surface area contributed by atoms with Crippen molar-refractivity contribution < 1.29 is 9.90 Å². The number of rotatable bonds is 6. The van der Waals surface area contributed by atoms with Crippen LogP contribution in [0, 0.1) is 12.3 Å². The van der Waals surface area contributed by atoms with Crippen molar-refractivity contribution in [2.24, 2.45) is 5.41 Å². The summed E-state index contributed by atoms with van der Waals surface area (Å²) in [6, 6.07) is 1.43. The van der Waals surface area contributed by atoms with Gasteiger partial charge in [-0.1, -0.05) is 20.8 Å². The number of aryl methyl sites for hydroxylation is 1. The van der Waals surface area contributed by atoms with Gasteiger partial charge < -0.3 is 10.4 Å². The van der Waals surface area contributed by atoms with Crippen molar-refractivity contribution in [3.8, 4) is 0 Å². The van der Waals surface area contributed by atoms with Gasteiger partial charge in [0.15, 0.2) is 0 Å². The Hall–Kier alpha value is -1.42. The van der Waals surface area contributed by atoms with E-state index in [1.165, 1.54) is 0 Å². The van der Waals surface area contributed by atoms with Crippen LogP contribution in [0.5, 0.6) is 0 Å². The molecule has 19 heavy (non-hydrogen) atoms. The monoisotopic (exact) mass is 264 g/mol. The zero-order valence-electron chi connectivity index (χ0n) is 12.2. The first-order valence-electron chi connectivity index (χ1n) is 6.65. The number of pyridine rings is 1. The molecular formula is C15H24N2O2. The van der Waals surface area contributed by atoms with Gasteiger partial charge in [0.1, 0.15) is 6.04 Å². The SMILES string of the molecule is Cc1cnccc1CN[C@@H](CCC(C)(C)C)C(=O)O. The van der Waals surface area contributed by atoms with Crippen molar-refractivity contribution in [3.05, 3.63) is 29.6 Å². The molecule has 0 radical (unpaired) electrons. The van der Waals surface area contributed by atoms with E-state index >= 15 is 0 Å². The van der Waals surface area contributed by atoms with Gasteiger partial charge in [-0.25, -0.2) is 0 Å². The van der Waals surface area contributed by atoms with E-state index in [0.29, 0.717) is 13.0 Å². The molecule has 0 spiro atoms. The molecule has 0 unspecified atom stereocenters. The first-order valence-corrected chi connectivity index (χ1v) is 6.65. The van der Waals surface area contributed by atoms with E-state index in [9.17, 15) is 9.90 Å². The smallest absolute Gasteiger partial charge is 0.320 e. The highest BCUT2D eigenvalue weighted by atomic mass is 16.4.